The summed E-state index contributed by atoms with van der Waals surface area (Å²) < 4.78 is 24.8. The Bertz CT molecular complexity index is 628. The molecule has 104 valence electrons. The van der Waals surface area contributed by atoms with Crippen molar-refractivity contribution >= 4 is 21.9 Å². The summed E-state index contributed by atoms with van der Waals surface area (Å²) in [4.78, 5) is 12.0. The van der Waals surface area contributed by atoms with Crippen LogP contribution in [0.25, 0.3) is 0 Å². The lowest BCUT2D eigenvalue weighted by molar-refractivity contribution is 0.0723. The van der Waals surface area contributed by atoms with Crippen LogP contribution in [-0.4, -0.2) is 12.6 Å². The maximum atomic E-state index is 13.6. The summed E-state index contributed by atoms with van der Waals surface area (Å²) in [6, 6.07) is 10.9. The van der Waals surface area contributed by atoms with Gasteiger partial charge in [-0.05, 0) is 37.3 Å². The molecule has 20 heavy (non-hydrogen) atoms. The van der Waals surface area contributed by atoms with Gasteiger partial charge in [-0.15, -0.1) is 0 Å². The van der Waals surface area contributed by atoms with E-state index < -0.39 is 11.8 Å². The summed E-state index contributed by atoms with van der Waals surface area (Å²) >= 11 is 3.19. The van der Waals surface area contributed by atoms with Crippen LogP contribution in [0.15, 0.2) is 46.9 Å². The number of hydrogen-bond donors (Lipinski definition) is 0. The molecule has 2 aromatic carbocycles. The molecule has 0 aliphatic rings. The van der Waals surface area contributed by atoms with Gasteiger partial charge in [-0.1, -0.05) is 28.1 Å². The molecular formula is C15H12BrFO3. The molecule has 0 aliphatic heterocycles. The van der Waals surface area contributed by atoms with Crippen molar-refractivity contribution in [3.05, 3.63) is 58.3 Å². The predicted octanol–water partition coefficient (Wildman–Crippen LogP) is 4.21. The second-order valence-electron chi connectivity index (χ2n) is 3.89. The molecule has 0 N–H and O–H groups in total. The largest absolute Gasteiger partial charge is 0.490 e. The van der Waals surface area contributed by atoms with Gasteiger partial charge in [0, 0.05) is 4.47 Å². The molecule has 2 rings (SSSR count). The molecule has 0 saturated heterocycles. The predicted molar refractivity (Wildman–Crippen MR) is 76.7 cm³/mol. The van der Waals surface area contributed by atoms with Crippen LogP contribution in [0.3, 0.4) is 0 Å². The number of carbonyl (C=O) groups is 1. The molecule has 0 spiro atoms. The molecule has 0 bridgehead atoms. The van der Waals surface area contributed by atoms with E-state index in [1.807, 2.05) is 6.92 Å². The van der Waals surface area contributed by atoms with E-state index in [4.69, 9.17) is 9.47 Å². The summed E-state index contributed by atoms with van der Waals surface area (Å²) in [5, 5.41) is 0. The normalized spacial score (nSPS) is 10.2. The zero-order chi connectivity index (χ0) is 14.5. The van der Waals surface area contributed by atoms with Gasteiger partial charge in [-0.2, -0.15) is 0 Å². The van der Waals surface area contributed by atoms with Crippen molar-refractivity contribution in [2.45, 2.75) is 6.92 Å². The van der Waals surface area contributed by atoms with E-state index in [0.29, 0.717) is 16.8 Å². The Morgan fingerprint density at radius 2 is 1.90 bits per heavy atom. The Morgan fingerprint density at radius 1 is 1.20 bits per heavy atom. The highest BCUT2D eigenvalue weighted by molar-refractivity contribution is 9.10. The minimum atomic E-state index is -0.768. The quantitative estimate of drug-likeness (QED) is 0.618. The molecule has 2 aromatic rings. The lowest BCUT2D eigenvalue weighted by atomic mass is 10.2. The fraction of sp³-hybridized carbons (Fsp3) is 0.133. The van der Waals surface area contributed by atoms with E-state index >= 15 is 0 Å². The third kappa shape index (κ3) is 3.36. The molecule has 0 atom stereocenters. The summed E-state index contributed by atoms with van der Waals surface area (Å²) in [5.74, 6) is -0.694. The highest BCUT2D eigenvalue weighted by Gasteiger charge is 2.16. The molecule has 5 heteroatoms. The van der Waals surface area contributed by atoms with Crippen molar-refractivity contribution in [2.24, 2.45) is 0 Å². The van der Waals surface area contributed by atoms with Gasteiger partial charge >= 0.3 is 5.97 Å². The third-order valence-corrected chi connectivity index (χ3v) is 2.99. The van der Waals surface area contributed by atoms with Crippen LogP contribution < -0.4 is 9.47 Å². The van der Waals surface area contributed by atoms with Crippen LogP contribution in [0.4, 0.5) is 4.39 Å². The number of esters is 1. The maximum absolute atomic E-state index is 13.6. The van der Waals surface area contributed by atoms with E-state index in [1.165, 1.54) is 18.2 Å². The van der Waals surface area contributed by atoms with Crippen molar-refractivity contribution < 1.29 is 18.7 Å². The van der Waals surface area contributed by atoms with Gasteiger partial charge in [0.15, 0.2) is 11.5 Å². The topological polar surface area (TPSA) is 35.5 Å². The standard InChI is InChI=1S/C15H12BrFO3/c1-2-19-13-5-3-4-6-14(13)20-15(18)11-9-10(16)7-8-12(11)17/h3-9H,2H2,1H3. The van der Waals surface area contributed by atoms with Crippen LogP contribution in [0, 0.1) is 5.82 Å². The molecule has 0 saturated carbocycles. The number of hydrogen-bond acceptors (Lipinski definition) is 3. The fourth-order valence-electron chi connectivity index (χ4n) is 1.62. The molecule has 0 aromatic heterocycles. The van der Waals surface area contributed by atoms with Crippen LogP contribution >= 0.6 is 15.9 Å². The monoisotopic (exact) mass is 338 g/mol. The number of benzene rings is 2. The number of halogens is 2. The summed E-state index contributed by atoms with van der Waals surface area (Å²) in [7, 11) is 0. The first-order valence-corrected chi connectivity index (χ1v) is 6.80. The van der Waals surface area contributed by atoms with E-state index in [9.17, 15) is 9.18 Å². The van der Waals surface area contributed by atoms with Crippen LogP contribution in [0.1, 0.15) is 17.3 Å². The number of carbonyl (C=O) groups excluding carboxylic acids is 1. The Morgan fingerprint density at radius 3 is 2.60 bits per heavy atom. The van der Waals surface area contributed by atoms with Gasteiger partial charge in [0.05, 0.1) is 12.2 Å². The third-order valence-electron chi connectivity index (χ3n) is 2.50. The summed E-state index contributed by atoms with van der Waals surface area (Å²) in [6.07, 6.45) is 0. The lowest BCUT2D eigenvalue weighted by Gasteiger charge is -2.10. The molecule has 0 aliphatic carbocycles. The average Bonchev–Trinajstić information content (AvgIpc) is 2.44. The highest BCUT2D eigenvalue weighted by Crippen LogP contribution is 2.27. The first-order valence-electron chi connectivity index (χ1n) is 6.01. The first-order chi connectivity index (χ1) is 9.61. The van der Waals surface area contributed by atoms with Crippen LogP contribution in [0.5, 0.6) is 11.5 Å². The molecule has 0 radical (unpaired) electrons. The van der Waals surface area contributed by atoms with Crippen LogP contribution in [0.2, 0.25) is 0 Å². The maximum Gasteiger partial charge on any atom is 0.346 e. The smallest absolute Gasteiger partial charge is 0.346 e. The Kier molecular flexibility index (Phi) is 4.74. The second kappa shape index (κ2) is 6.52. The Labute approximate surface area is 124 Å². The average molecular weight is 339 g/mol. The van der Waals surface area contributed by atoms with Gasteiger partial charge in [0.25, 0.3) is 0 Å². The fourth-order valence-corrected chi connectivity index (χ4v) is 1.98. The van der Waals surface area contributed by atoms with Crippen LogP contribution in [-0.2, 0) is 0 Å². The molecule has 3 nitrogen and oxygen atoms in total. The molecule has 0 unspecified atom stereocenters. The number of ether oxygens (including phenoxy) is 2. The van der Waals surface area contributed by atoms with Crippen molar-refractivity contribution in [1.82, 2.24) is 0 Å². The van der Waals surface area contributed by atoms with E-state index in [-0.39, 0.29) is 11.3 Å². The summed E-state index contributed by atoms with van der Waals surface area (Å²) in [6.45, 7) is 2.27. The van der Waals surface area contributed by atoms with E-state index in [1.54, 1.807) is 24.3 Å². The number of rotatable bonds is 4. The van der Waals surface area contributed by atoms with Gasteiger partial charge in [0.2, 0.25) is 0 Å². The van der Waals surface area contributed by atoms with Gasteiger partial charge in [-0.25, -0.2) is 9.18 Å². The van der Waals surface area contributed by atoms with E-state index in [0.717, 1.165) is 0 Å². The van der Waals surface area contributed by atoms with Crippen molar-refractivity contribution in [3.63, 3.8) is 0 Å². The van der Waals surface area contributed by atoms with Gasteiger partial charge in [-0.3, -0.25) is 0 Å². The van der Waals surface area contributed by atoms with E-state index in [2.05, 4.69) is 15.9 Å². The molecule has 0 amide bonds. The minimum absolute atomic E-state index is 0.134. The molecule has 0 heterocycles. The summed E-state index contributed by atoms with van der Waals surface area (Å²) in [5.41, 5.74) is -0.134. The zero-order valence-corrected chi connectivity index (χ0v) is 12.3. The second-order valence-corrected chi connectivity index (χ2v) is 4.81. The van der Waals surface area contributed by atoms with Gasteiger partial charge < -0.3 is 9.47 Å². The minimum Gasteiger partial charge on any atom is -0.490 e. The Balaban J connectivity index is 2.26. The SMILES string of the molecule is CCOc1ccccc1OC(=O)c1cc(Br)ccc1F. The molecular weight excluding hydrogens is 327 g/mol. The number of para-hydroxylation sites is 2. The van der Waals surface area contributed by atoms with Crippen molar-refractivity contribution in [3.8, 4) is 11.5 Å². The zero-order valence-electron chi connectivity index (χ0n) is 10.7. The lowest BCUT2D eigenvalue weighted by Crippen LogP contribution is -2.11. The van der Waals surface area contributed by atoms with Crippen molar-refractivity contribution in [2.75, 3.05) is 6.61 Å². The first kappa shape index (κ1) is 14.5. The highest BCUT2D eigenvalue weighted by atomic mass is 79.9. The molecule has 0 fully saturated rings. The van der Waals surface area contributed by atoms with Crippen molar-refractivity contribution in [1.29, 1.82) is 0 Å². The Hall–Kier alpha value is -1.88. The van der Waals surface area contributed by atoms with Gasteiger partial charge in [0.1, 0.15) is 5.82 Å².